The standard InChI is InChI=1S/C28H22N2S2/c1-28(2,3)22-15-19(14-17-6-4-5-7-20(17)22)25-26-18(8-11-30-25)16-24(32-26)21-9-12-29-23-10-13-31-27(21)23/h4-16H,1-3H3. The summed E-state index contributed by atoms with van der Waals surface area (Å²) >= 11 is 3.58. The van der Waals surface area contributed by atoms with E-state index in [-0.39, 0.29) is 5.41 Å². The van der Waals surface area contributed by atoms with Crippen LogP contribution in [0.25, 0.3) is 52.8 Å². The molecule has 0 aliphatic rings. The van der Waals surface area contributed by atoms with Crippen molar-refractivity contribution in [1.82, 2.24) is 9.97 Å². The van der Waals surface area contributed by atoms with Crippen LogP contribution in [0.2, 0.25) is 0 Å². The van der Waals surface area contributed by atoms with Crippen LogP contribution in [0.1, 0.15) is 26.3 Å². The monoisotopic (exact) mass is 450 g/mol. The van der Waals surface area contributed by atoms with Gasteiger partial charge in [-0.2, -0.15) is 0 Å². The molecule has 2 aromatic carbocycles. The van der Waals surface area contributed by atoms with Crippen LogP contribution in [-0.4, -0.2) is 9.97 Å². The second-order valence-electron chi connectivity index (χ2n) is 9.18. The first-order chi connectivity index (χ1) is 15.5. The predicted molar refractivity (Wildman–Crippen MR) is 140 cm³/mol. The highest BCUT2D eigenvalue weighted by molar-refractivity contribution is 7.23. The first-order valence-corrected chi connectivity index (χ1v) is 12.4. The lowest BCUT2D eigenvalue weighted by molar-refractivity contribution is 0.596. The minimum Gasteiger partial charge on any atom is -0.255 e. The van der Waals surface area contributed by atoms with Gasteiger partial charge in [-0.3, -0.25) is 9.97 Å². The van der Waals surface area contributed by atoms with E-state index in [2.05, 4.69) is 91.8 Å². The van der Waals surface area contributed by atoms with Crippen molar-refractivity contribution < 1.29 is 0 Å². The van der Waals surface area contributed by atoms with Gasteiger partial charge in [-0.05, 0) is 68.9 Å². The van der Waals surface area contributed by atoms with Crippen LogP contribution in [0, 0.1) is 0 Å². The van der Waals surface area contributed by atoms with Crippen LogP contribution < -0.4 is 0 Å². The fourth-order valence-corrected chi connectivity index (χ4v) is 6.58. The minimum atomic E-state index is 0.0476. The van der Waals surface area contributed by atoms with E-state index < -0.39 is 0 Å². The van der Waals surface area contributed by atoms with Crippen molar-refractivity contribution in [3.05, 3.63) is 84.0 Å². The summed E-state index contributed by atoms with van der Waals surface area (Å²) in [7, 11) is 0. The molecule has 0 atom stereocenters. The van der Waals surface area contributed by atoms with Gasteiger partial charge in [0.05, 0.1) is 20.6 Å². The molecular formula is C28H22N2S2. The number of benzene rings is 2. The van der Waals surface area contributed by atoms with Crippen molar-refractivity contribution in [3.8, 4) is 21.7 Å². The van der Waals surface area contributed by atoms with Gasteiger partial charge in [0.15, 0.2) is 0 Å². The van der Waals surface area contributed by atoms with Crippen molar-refractivity contribution in [2.24, 2.45) is 0 Å². The molecule has 156 valence electrons. The van der Waals surface area contributed by atoms with Crippen LogP contribution in [0.3, 0.4) is 0 Å². The number of nitrogens with zero attached hydrogens (tertiary/aromatic N) is 2. The van der Waals surface area contributed by atoms with Crippen molar-refractivity contribution in [2.75, 3.05) is 0 Å². The maximum absolute atomic E-state index is 4.87. The molecule has 0 saturated carbocycles. The Bertz CT molecular complexity index is 1620. The molecule has 4 aromatic heterocycles. The normalized spacial score (nSPS) is 12.2. The molecule has 0 bridgehead atoms. The van der Waals surface area contributed by atoms with Crippen molar-refractivity contribution in [3.63, 3.8) is 0 Å². The van der Waals surface area contributed by atoms with Crippen molar-refractivity contribution in [1.29, 1.82) is 0 Å². The third-order valence-corrected chi connectivity index (χ3v) is 8.11. The van der Waals surface area contributed by atoms with E-state index in [0.717, 1.165) is 11.2 Å². The van der Waals surface area contributed by atoms with Gasteiger partial charge in [-0.15, -0.1) is 22.7 Å². The Kier molecular flexibility index (Phi) is 4.42. The maximum atomic E-state index is 4.87. The van der Waals surface area contributed by atoms with Gasteiger partial charge in [0.25, 0.3) is 0 Å². The maximum Gasteiger partial charge on any atom is 0.0880 e. The highest BCUT2D eigenvalue weighted by Crippen LogP contribution is 2.42. The summed E-state index contributed by atoms with van der Waals surface area (Å²) in [5, 5.41) is 5.94. The molecule has 0 saturated heterocycles. The van der Waals surface area contributed by atoms with Crippen LogP contribution in [-0.2, 0) is 5.41 Å². The lowest BCUT2D eigenvalue weighted by Gasteiger charge is -2.22. The topological polar surface area (TPSA) is 25.8 Å². The zero-order chi connectivity index (χ0) is 21.9. The summed E-state index contributed by atoms with van der Waals surface area (Å²) in [5.74, 6) is 0. The molecule has 32 heavy (non-hydrogen) atoms. The number of thiophene rings is 2. The van der Waals surface area contributed by atoms with Crippen molar-refractivity contribution in [2.45, 2.75) is 26.2 Å². The molecule has 4 heteroatoms. The molecule has 6 aromatic rings. The van der Waals surface area contributed by atoms with E-state index in [1.165, 1.54) is 47.1 Å². The van der Waals surface area contributed by atoms with Gasteiger partial charge in [-0.25, -0.2) is 0 Å². The van der Waals surface area contributed by atoms with Gasteiger partial charge in [0.2, 0.25) is 0 Å². The Morgan fingerprint density at radius 3 is 2.50 bits per heavy atom. The second-order valence-corrected chi connectivity index (χ2v) is 11.1. The Labute approximate surface area is 195 Å². The van der Waals surface area contributed by atoms with Gasteiger partial charge in [0, 0.05) is 28.4 Å². The van der Waals surface area contributed by atoms with Gasteiger partial charge >= 0.3 is 0 Å². The molecule has 0 aliphatic heterocycles. The average molecular weight is 451 g/mol. The highest BCUT2D eigenvalue weighted by atomic mass is 32.1. The Hall–Kier alpha value is -3.08. The molecule has 0 fully saturated rings. The van der Waals surface area contributed by atoms with Crippen molar-refractivity contribution >= 4 is 53.7 Å². The van der Waals surface area contributed by atoms with E-state index in [0.29, 0.717) is 0 Å². The summed E-state index contributed by atoms with van der Waals surface area (Å²) in [6.45, 7) is 6.85. The zero-order valence-corrected chi connectivity index (χ0v) is 19.8. The lowest BCUT2D eigenvalue weighted by atomic mass is 9.82. The first kappa shape index (κ1) is 19.6. The zero-order valence-electron chi connectivity index (χ0n) is 18.2. The summed E-state index contributed by atoms with van der Waals surface area (Å²) in [6.07, 6.45) is 3.85. The minimum absolute atomic E-state index is 0.0476. The largest absolute Gasteiger partial charge is 0.255 e. The SMILES string of the molecule is CC(C)(C)c1cc(-c2nccc3cc(-c4ccnc5ccsc45)sc23)cc2ccccc12. The van der Waals surface area contributed by atoms with E-state index in [1.54, 1.807) is 11.3 Å². The van der Waals surface area contributed by atoms with Crippen LogP contribution >= 0.6 is 22.7 Å². The summed E-state index contributed by atoms with van der Waals surface area (Å²) in [5.41, 5.74) is 5.97. The predicted octanol–water partition coefficient (Wildman–Crippen LogP) is 8.69. The van der Waals surface area contributed by atoms with Gasteiger partial charge in [-0.1, -0.05) is 45.0 Å². The van der Waals surface area contributed by atoms with E-state index >= 15 is 0 Å². The van der Waals surface area contributed by atoms with Crippen LogP contribution in [0.5, 0.6) is 0 Å². The number of hydrogen-bond donors (Lipinski definition) is 0. The summed E-state index contributed by atoms with van der Waals surface area (Å²) < 4.78 is 2.48. The molecule has 0 radical (unpaired) electrons. The number of rotatable bonds is 2. The smallest absolute Gasteiger partial charge is 0.0880 e. The highest BCUT2D eigenvalue weighted by Gasteiger charge is 2.20. The first-order valence-electron chi connectivity index (χ1n) is 10.7. The molecule has 4 heterocycles. The third kappa shape index (κ3) is 3.14. The Morgan fingerprint density at radius 2 is 1.62 bits per heavy atom. The number of aromatic nitrogens is 2. The molecule has 0 N–H and O–H groups in total. The molecule has 0 spiro atoms. The number of hydrogen-bond acceptors (Lipinski definition) is 4. The average Bonchev–Trinajstić information content (AvgIpc) is 3.44. The molecule has 6 rings (SSSR count). The second kappa shape index (κ2) is 7.22. The van der Waals surface area contributed by atoms with Gasteiger partial charge < -0.3 is 0 Å². The third-order valence-electron chi connectivity index (χ3n) is 5.99. The Balaban J connectivity index is 1.60. The van der Waals surface area contributed by atoms with E-state index in [4.69, 9.17) is 4.98 Å². The Morgan fingerprint density at radius 1 is 0.781 bits per heavy atom. The summed E-state index contributed by atoms with van der Waals surface area (Å²) in [6, 6.07) is 21.9. The molecular weight excluding hydrogens is 428 g/mol. The molecule has 0 unspecified atom stereocenters. The quantitative estimate of drug-likeness (QED) is 0.264. The van der Waals surface area contributed by atoms with E-state index in [1.807, 2.05) is 23.7 Å². The molecule has 2 nitrogen and oxygen atoms in total. The van der Waals surface area contributed by atoms with E-state index in [9.17, 15) is 0 Å². The molecule has 0 aliphatic carbocycles. The summed E-state index contributed by atoms with van der Waals surface area (Å²) in [4.78, 5) is 10.6. The van der Waals surface area contributed by atoms with Crippen LogP contribution in [0.15, 0.2) is 78.4 Å². The van der Waals surface area contributed by atoms with Crippen LogP contribution in [0.4, 0.5) is 0 Å². The number of fused-ring (bicyclic) bond motifs is 3. The van der Waals surface area contributed by atoms with Gasteiger partial charge in [0.1, 0.15) is 0 Å². The molecule has 0 amide bonds. The fourth-order valence-electron chi connectivity index (χ4n) is 4.44. The number of pyridine rings is 2. The lowest BCUT2D eigenvalue weighted by Crippen LogP contribution is -2.12. The fraction of sp³-hybridized carbons (Fsp3) is 0.143.